The molecule has 0 aliphatic carbocycles. The molecule has 0 bridgehead atoms. The Morgan fingerprint density at radius 3 is 2.52 bits per heavy atom. The van der Waals surface area contributed by atoms with E-state index in [0.717, 1.165) is 9.36 Å². The molecule has 0 N–H and O–H groups in total. The molecule has 0 amide bonds. The quantitative estimate of drug-likeness (QED) is 0.512. The van der Waals surface area contributed by atoms with Gasteiger partial charge >= 0.3 is 5.69 Å². The Labute approximate surface area is 151 Å². The summed E-state index contributed by atoms with van der Waals surface area (Å²) < 4.78 is 2.25. The molecule has 0 unspecified atom stereocenters. The first-order chi connectivity index (χ1) is 11.9. The molecule has 2 aromatic carbocycles. The van der Waals surface area contributed by atoms with Gasteiger partial charge in [-0.05, 0) is 47.2 Å². The second kappa shape index (κ2) is 6.66. The molecule has 128 valence electrons. The minimum atomic E-state index is -0.464. The van der Waals surface area contributed by atoms with Crippen molar-refractivity contribution in [3.05, 3.63) is 78.2 Å². The number of nitro benzene ring substituents is 1. The largest absolute Gasteiger partial charge is 0.368 e. The van der Waals surface area contributed by atoms with Gasteiger partial charge in [0, 0.05) is 11.6 Å². The Morgan fingerprint density at radius 2 is 1.88 bits per heavy atom. The van der Waals surface area contributed by atoms with Gasteiger partial charge in [-0.3, -0.25) is 10.1 Å². The van der Waals surface area contributed by atoms with Gasteiger partial charge in [0.15, 0.2) is 0 Å². The summed E-state index contributed by atoms with van der Waals surface area (Å²) in [5.41, 5.74) is 1.20. The van der Waals surface area contributed by atoms with Gasteiger partial charge in [0.05, 0.1) is 27.2 Å². The van der Waals surface area contributed by atoms with Crippen molar-refractivity contribution in [2.45, 2.75) is 13.5 Å². The molecule has 3 aromatic rings. The molecular formula is C15H11Cl2N5O3. The number of aromatic nitrogens is 4. The van der Waals surface area contributed by atoms with Gasteiger partial charge in [-0.15, -0.1) is 0 Å². The van der Waals surface area contributed by atoms with Gasteiger partial charge in [0.25, 0.3) is 5.69 Å². The van der Waals surface area contributed by atoms with E-state index in [-0.39, 0.29) is 12.2 Å². The molecule has 8 nitrogen and oxygen atoms in total. The van der Waals surface area contributed by atoms with Crippen LogP contribution in [0.3, 0.4) is 0 Å². The van der Waals surface area contributed by atoms with E-state index in [4.69, 9.17) is 23.2 Å². The summed E-state index contributed by atoms with van der Waals surface area (Å²) in [6, 6.07) is 9.30. The molecule has 0 aliphatic rings. The zero-order valence-electron chi connectivity index (χ0n) is 12.9. The smallest absolute Gasteiger partial charge is 0.258 e. The molecule has 3 rings (SSSR count). The fourth-order valence-electron chi connectivity index (χ4n) is 2.35. The Hall–Kier alpha value is -2.71. The minimum Gasteiger partial charge on any atom is -0.258 e. The van der Waals surface area contributed by atoms with Gasteiger partial charge in [-0.25, -0.2) is 4.79 Å². The van der Waals surface area contributed by atoms with Crippen molar-refractivity contribution in [2.75, 3.05) is 0 Å². The SMILES string of the molecule is Cc1cc(Cn2nnn(-c3ccc(Cl)c(Cl)c3)c2=O)ccc1[N+](=O)[O-]. The van der Waals surface area contributed by atoms with Crippen molar-refractivity contribution < 1.29 is 4.92 Å². The number of nitrogens with zero attached hydrogens (tertiary/aromatic N) is 5. The number of aryl methyl sites for hydroxylation is 1. The molecule has 25 heavy (non-hydrogen) atoms. The van der Waals surface area contributed by atoms with Crippen molar-refractivity contribution in [1.82, 2.24) is 19.8 Å². The molecule has 0 saturated heterocycles. The van der Waals surface area contributed by atoms with E-state index in [2.05, 4.69) is 10.4 Å². The predicted molar refractivity (Wildman–Crippen MR) is 92.6 cm³/mol. The molecule has 10 heteroatoms. The van der Waals surface area contributed by atoms with Crippen LogP contribution in [0.15, 0.2) is 41.2 Å². The third-order valence-electron chi connectivity index (χ3n) is 3.58. The Balaban J connectivity index is 1.91. The summed E-state index contributed by atoms with van der Waals surface area (Å²) >= 11 is 11.8. The molecule has 1 heterocycles. The molecule has 0 atom stereocenters. The van der Waals surface area contributed by atoms with E-state index in [1.54, 1.807) is 31.2 Å². The average Bonchev–Trinajstić information content (AvgIpc) is 2.91. The normalized spacial score (nSPS) is 10.8. The third-order valence-corrected chi connectivity index (χ3v) is 4.32. The maximum absolute atomic E-state index is 12.4. The maximum Gasteiger partial charge on any atom is 0.368 e. The van der Waals surface area contributed by atoms with E-state index in [1.165, 1.54) is 12.1 Å². The predicted octanol–water partition coefficient (Wildman–Crippen LogP) is 3.00. The Bertz CT molecular complexity index is 1030. The Morgan fingerprint density at radius 1 is 1.12 bits per heavy atom. The monoisotopic (exact) mass is 379 g/mol. The molecule has 0 spiro atoms. The lowest BCUT2D eigenvalue weighted by atomic mass is 10.1. The lowest BCUT2D eigenvalue weighted by molar-refractivity contribution is -0.385. The number of hydrogen-bond acceptors (Lipinski definition) is 5. The highest BCUT2D eigenvalue weighted by Gasteiger charge is 2.13. The lowest BCUT2D eigenvalue weighted by Crippen LogP contribution is -2.24. The number of nitro groups is 1. The molecule has 0 fully saturated rings. The van der Waals surface area contributed by atoms with Crippen LogP contribution >= 0.6 is 23.2 Å². The van der Waals surface area contributed by atoms with Gasteiger partial charge in [-0.2, -0.15) is 9.36 Å². The van der Waals surface area contributed by atoms with Crippen molar-refractivity contribution >= 4 is 28.9 Å². The standard InChI is InChI=1S/C15H11Cl2N5O3/c1-9-6-10(2-5-14(9)22(24)25)8-20-15(23)21(19-18-20)11-3-4-12(16)13(17)7-11/h2-7H,8H2,1H3. The Kier molecular flexibility index (Phi) is 4.56. The number of rotatable bonds is 4. The minimum absolute atomic E-state index is 0.0237. The van der Waals surface area contributed by atoms with E-state index < -0.39 is 10.6 Å². The first kappa shape index (κ1) is 17.1. The lowest BCUT2D eigenvalue weighted by Gasteiger charge is -2.03. The number of benzene rings is 2. The molecule has 0 saturated carbocycles. The van der Waals surface area contributed by atoms with Crippen molar-refractivity contribution in [2.24, 2.45) is 0 Å². The fourth-order valence-corrected chi connectivity index (χ4v) is 2.64. The van der Waals surface area contributed by atoms with Crippen LogP contribution in [0.2, 0.25) is 10.0 Å². The van der Waals surface area contributed by atoms with Crippen LogP contribution in [0.1, 0.15) is 11.1 Å². The number of halogens is 2. The van der Waals surface area contributed by atoms with Crippen molar-refractivity contribution in [3.8, 4) is 5.69 Å². The van der Waals surface area contributed by atoms with E-state index in [1.807, 2.05) is 0 Å². The van der Waals surface area contributed by atoms with Crippen molar-refractivity contribution in [3.63, 3.8) is 0 Å². The van der Waals surface area contributed by atoms with Crippen LogP contribution in [0, 0.1) is 17.0 Å². The average molecular weight is 380 g/mol. The van der Waals surface area contributed by atoms with E-state index in [0.29, 0.717) is 26.9 Å². The second-order valence-corrected chi connectivity index (χ2v) is 6.12. The van der Waals surface area contributed by atoms with Crippen LogP contribution < -0.4 is 5.69 Å². The van der Waals surface area contributed by atoms with Crippen molar-refractivity contribution in [1.29, 1.82) is 0 Å². The summed E-state index contributed by atoms with van der Waals surface area (Å²) in [4.78, 5) is 22.9. The highest BCUT2D eigenvalue weighted by atomic mass is 35.5. The maximum atomic E-state index is 12.4. The van der Waals surface area contributed by atoms with E-state index in [9.17, 15) is 14.9 Å². The summed E-state index contributed by atoms with van der Waals surface area (Å²) in [6.45, 7) is 1.77. The summed E-state index contributed by atoms with van der Waals surface area (Å²) in [5.74, 6) is 0. The molecule has 1 aromatic heterocycles. The first-order valence-corrected chi connectivity index (χ1v) is 7.84. The molecular weight excluding hydrogens is 369 g/mol. The van der Waals surface area contributed by atoms with Gasteiger partial charge in [-0.1, -0.05) is 29.3 Å². The van der Waals surface area contributed by atoms with Crippen LogP contribution in [0.4, 0.5) is 5.69 Å². The number of tetrazole rings is 1. The van der Waals surface area contributed by atoms with Gasteiger partial charge in [0.2, 0.25) is 0 Å². The zero-order chi connectivity index (χ0) is 18.1. The van der Waals surface area contributed by atoms with Crippen LogP contribution in [0.5, 0.6) is 0 Å². The zero-order valence-corrected chi connectivity index (χ0v) is 14.4. The summed E-state index contributed by atoms with van der Waals surface area (Å²) in [6.07, 6.45) is 0. The number of hydrogen-bond donors (Lipinski definition) is 0. The van der Waals surface area contributed by atoms with Crippen LogP contribution in [-0.4, -0.2) is 24.7 Å². The topological polar surface area (TPSA) is 95.8 Å². The van der Waals surface area contributed by atoms with E-state index >= 15 is 0 Å². The van der Waals surface area contributed by atoms with Crippen LogP contribution in [-0.2, 0) is 6.54 Å². The summed E-state index contributed by atoms with van der Waals surface area (Å²) in [7, 11) is 0. The fraction of sp³-hybridized carbons (Fsp3) is 0.133. The highest BCUT2D eigenvalue weighted by molar-refractivity contribution is 6.42. The second-order valence-electron chi connectivity index (χ2n) is 5.31. The highest BCUT2D eigenvalue weighted by Crippen LogP contribution is 2.23. The molecule has 0 radical (unpaired) electrons. The molecule has 0 aliphatic heterocycles. The first-order valence-electron chi connectivity index (χ1n) is 7.09. The van der Waals surface area contributed by atoms with Gasteiger partial charge in [0.1, 0.15) is 0 Å². The third kappa shape index (κ3) is 3.40. The van der Waals surface area contributed by atoms with Gasteiger partial charge < -0.3 is 0 Å². The van der Waals surface area contributed by atoms with Crippen LogP contribution in [0.25, 0.3) is 5.69 Å². The summed E-state index contributed by atoms with van der Waals surface area (Å²) in [5, 5.41) is 19.2.